The topological polar surface area (TPSA) is 87.4 Å². The fourth-order valence-electron chi connectivity index (χ4n) is 3.84. The van der Waals surface area contributed by atoms with Gasteiger partial charge in [0.25, 0.3) is 5.91 Å². The molecule has 0 radical (unpaired) electrons. The minimum absolute atomic E-state index is 0.252. The maximum absolute atomic E-state index is 12.4. The van der Waals surface area contributed by atoms with E-state index in [1.807, 2.05) is 24.3 Å². The van der Waals surface area contributed by atoms with Crippen LogP contribution in [0.5, 0.6) is 0 Å². The van der Waals surface area contributed by atoms with Crippen molar-refractivity contribution in [1.29, 1.82) is 0 Å². The number of halogens is 1. The molecule has 0 bridgehead atoms. The Balaban J connectivity index is 1.32. The number of aryl methyl sites for hydroxylation is 1. The first kappa shape index (κ1) is 20.4. The molecule has 1 aliphatic heterocycles. The van der Waals surface area contributed by atoms with Gasteiger partial charge in [0.1, 0.15) is 5.82 Å². The normalized spacial score (nSPS) is 14.1. The minimum atomic E-state index is -0.294. The number of nitrogens with zero attached hydrogens (tertiary/aromatic N) is 5. The van der Waals surface area contributed by atoms with Crippen molar-refractivity contribution in [2.75, 3.05) is 41.3 Å². The summed E-state index contributed by atoms with van der Waals surface area (Å²) in [4.78, 5) is 30.4. The zero-order valence-electron chi connectivity index (χ0n) is 17.5. The number of amides is 1. The third-order valence-electron chi connectivity index (χ3n) is 5.50. The van der Waals surface area contributed by atoms with Gasteiger partial charge in [0.05, 0.1) is 5.52 Å². The van der Waals surface area contributed by atoms with Crippen molar-refractivity contribution >= 4 is 50.2 Å². The van der Waals surface area contributed by atoms with Crippen molar-refractivity contribution in [3.8, 4) is 0 Å². The van der Waals surface area contributed by atoms with Crippen LogP contribution in [-0.2, 0) is 0 Å². The van der Waals surface area contributed by atoms with E-state index < -0.39 is 0 Å². The first-order chi connectivity index (χ1) is 15.6. The number of piperazine rings is 1. The molecule has 0 saturated carbocycles. The number of fused-ring (bicyclic) bond motifs is 1. The summed E-state index contributed by atoms with van der Waals surface area (Å²) in [6, 6.07) is 13.0. The van der Waals surface area contributed by atoms with Crippen molar-refractivity contribution < 1.29 is 9.21 Å². The van der Waals surface area contributed by atoms with Crippen LogP contribution < -0.4 is 15.1 Å². The Morgan fingerprint density at radius 2 is 1.78 bits per heavy atom. The molecule has 5 rings (SSSR count). The molecule has 1 amide bonds. The zero-order chi connectivity index (χ0) is 22.1. The largest absolute Gasteiger partial charge is 0.444 e. The summed E-state index contributed by atoms with van der Waals surface area (Å²) in [7, 11) is 0. The fourth-order valence-corrected chi connectivity index (χ4v) is 4.14. The third kappa shape index (κ3) is 4.16. The van der Waals surface area contributed by atoms with Crippen LogP contribution in [0.3, 0.4) is 0 Å². The van der Waals surface area contributed by atoms with Crippen LogP contribution in [0.4, 0.5) is 17.5 Å². The van der Waals surface area contributed by atoms with Crippen LogP contribution >= 0.6 is 15.9 Å². The van der Waals surface area contributed by atoms with E-state index in [2.05, 4.69) is 54.0 Å². The van der Waals surface area contributed by atoms with E-state index >= 15 is 0 Å². The molecule has 1 aromatic carbocycles. The molecule has 4 heterocycles. The minimum Gasteiger partial charge on any atom is -0.444 e. The molecule has 3 aromatic heterocycles. The lowest BCUT2D eigenvalue weighted by Crippen LogP contribution is -2.47. The molecule has 1 fully saturated rings. The molecule has 4 aromatic rings. The molecule has 8 nitrogen and oxygen atoms in total. The number of carbonyl (C=O) groups is 1. The molecule has 1 N–H and O–H groups in total. The summed E-state index contributed by atoms with van der Waals surface area (Å²) in [6.45, 7) is 5.45. The first-order valence-electron chi connectivity index (χ1n) is 10.3. The van der Waals surface area contributed by atoms with Gasteiger partial charge >= 0.3 is 0 Å². The van der Waals surface area contributed by atoms with Gasteiger partial charge in [-0.05, 0) is 70.9 Å². The lowest BCUT2D eigenvalue weighted by molar-refractivity contribution is 0.0995. The van der Waals surface area contributed by atoms with E-state index in [1.54, 1.807) is 24.5 Å². The standard InChI is InChI=1S/C23H21BrN6O2/c1-15-13-21(29-9-11-30(12-10-29)23-25-7-2-8-26-23)28-18-4-3-16(14-17(15)18)27-22(31)19-5-6-20(24)32-19/h2-8,13-14H,9-12H2,1H3,(H,27,31). The number of rotatable bonds is 4. The van der Waals surface area contributed by atoms with Crippen LogP contribution in [0, 0.1) is 6.92 Å². The van der Waals surface area contributed by atoms with Crippen molar-refractivity contribution in [2.45, 2.75) is 6.92 Å². The zero-order valence-corrected chi connectivity index (χ0v) is 19.0. The predicted octanol–water partition coefficient (Wildman–Crippen LogP) is 4.27. The van der Waals surface area contributed by atoms with E-state index in [-0.39, 0.29) is 11.7 Å². The summed E-state index contributed by atoms with van der Waals surface area (Å²) in [6.07, 6.45) is 3.54. The summed E-state index contributed by atoms with van der Waals surface area (Å²) < 4.78 is 5.84. The maximum atomic E-state index is 12.4. The number of hydrogen-bond acceptors (Lipinski definition) is 7. The Kier molecular flexibility index (Phi) is 5.48. The van der Waals surface area contributed by atoms with Crippen molar-refractivity contribution in [2.24, 2.45) is 0 Å². The van der Waals surface area contributed by atoms with Crippen molar-refractivity contribution in [1.82, 2.24) is 15.0 Å². The van der Waals surface area contributed by atoms with E-state index in [4.69, 9.17) is 9.40 Å². The van der Waals surface area contributed by atoms with E-state index in [1.165, 1.54) is 0 Å². The molecule has 32 heavy (non-hydrogen) atoms. The Labute approximate surface area is 193 Å². The highest BCUT2D eigenvalue weighted by Gasteiger charge is 2.20. The van der Waals surface area contributed by atoms with Gasteiger partial charge < -0.3 is 19.5 Å². The van der Waals surface area contributed by atoms with Gasteiger partial charge in [-0.2, -0.15) is 0 Å². The number of anilines is 3. The van der Waals surface area contributed by atoms with E-state index in [9.17, 15) is 4.79 Å². The Morgan fingerprint density at radius 1 is 1.03 bits per heavy atom. The van der Waals surface area contributed by atoms with Gasteiger partial charge in [0.2, 0.25) is 5.95 Å². The van der Waals surface area contributed by atoms with Crippen LogP contribution in [-0.4, -0.2) is 47.0 Å². The van der Waals surface area contributed by atoms with Gasteiger partial charge in [-0.1, -0.05) is 0 Å². The fraction of sp³-hybridized carbons (Fsp3) is 0.217. The van der Waals surface area contributed by atoms with Gasteiger partial charge in [0.15, 0.2) is 10.4 Å². The monoisotopic (exact) mass is 492 g/mol. The second-order valence-electron chi connectivity index (χ2n) is 7.61. The summed E-state index contributed by atoms with van der Waals surface area (Å²) >= 11 is 3.21. The molecule has 0 unspecified atom stereocenters. The Hall–Kier alpha value is -3.46. The summed E-state index contributed by atoms with van der Waals surface area (Å²) in [5.41, 5.74) is 2.70. The second kappa shape index (κ2) is 8.58. The lowest BCUT2D eigenvalue weighted by Gasteiger charge is -2.35. The van der Waals surface area contributed by atoms with Gasteiger partial charge in [-0.15, -0.1) is 0 Å². The molecule has 0 aliphatic carbocycles. The number of nitrogens with one attached hydrogen (secondary N) is 1. The first-order valence-corrected chi connectivity index (χ1v) is 11.1. The number of carbonyl (C=O) groups excluding carboxylic acids is 1. The molecule has 0 atom stereocenters. The Bertz CT molecular complexity index is 1270. The van der Waals surface area contributed by atoms with Crippen LogP contribution in [0.25, 0.3) is 10.9 Å². The van der Waals surface area contributed by atoms with Crippen molar-refractivity contribution in [3.05, 3.63) is 70.9 Å². The predicted molar refractivity (Wildman–Crippen MR) is 127 cm³/mol. The maximum Gasteiger partial charge on any atom is 0.291 e. The molecule has 162 valence electrons. The van der Waals surface area contributed by atoms with E-state index in [0.717, 1.165) is 54.4 Å². The summed E-state index contributed by atoms with van der Waals surface area (Å²) in [5, 5.41) is 3.88. The molecule has 1 saturated heterocycles. The summed E-state index contributed by atoms with van der Waals surface area (Å²) in [5.74, 6) is 1.69. The van der Waals surface area contributed by atoms with Gasteiger partial charge in [0, 0.05) is 49.6 Å². The average Bonchev–Trinajstić information content (AvgIpc) is 3.26. The third-order valence-corrected chi connectivity index (χ3v) is 5.92. The number of hydrogen-bond donors (Lipinski definition) is 1. The Morgan fingerprint density at radius 3 is 2.50 bits per heavy atom. The van der Waals surface area contributed by atoms with E-state index in [0.29, 0.717) is 10.4 Å². The molecule has 1 aliphatic rings. The number of aromatic nitrogens is 3. The molecule has 0 spiro atoms. The van der Waals surface area contributed by atoms with Gasteiger partial charge in [-0.25, -0.2) is 15.0 Å². The SMILES string of the molecule is Cc1cc(N2CCN(c3ncccn3)CC2)nc2ccc(NC(=O)c3ccc(Br)o3)cc12. The highest BCUT2D eigenvalue weighted by molar-refractivity contribution is 9.10. The number of pyridine rings is 1. The van der Waals surface area contributed by atoms with Gasteiger partial charge in [-0.3, -0.25) is 4.79 Å². The smallest absolute Gasteiger partial charge is 0.291 e. The molecular weight excluding hydrogens is 472 g/mol. The van der Waals surface area contributed by atoms with Crippen molar-refractivity contribution in [3.63, 3.8) is 0 Å². The number of benzene rings is 1. The molecule has 9 heteroatoms. The average molecular weight is 493 g/mol. The van der Waals surface area contributed by atoms with Crippen LogP contribution in [0.2, 0.25) is 0 Å². The second-order valence-corrected chi connectivity index (χ2v) is 8.39. The molecular formula is C23H21BrN6O2. The van der Waals surface area contributed by atoms with Crippen LogP contribution in [0.1, 0.15) is 16.1 Å². The lowest BCUT2D eigenvalue weighted by atomic mass is 10.1. The highest BCUT2D eigenvalue weighted by atomic mass is 79.9. The highest BCUT2D eigenvalue weighted by Crippen LogP contribution is 2.27. The quantitative estimate of drug-likeness (QED) is 0.455. The van der Waals surface area contributed by atoms with Crippen LogP contribution in [0.15, 0.2) is 63.9 Å². The number of furan rings is 1.